The van der Waals surface area contributed by atoms with Gasteiger partial charge in [0.15, 0.2) is 0 Å². The number of anilines is 1. The van der Waals surface area contributed by atoms with Crippen LogP contribution >= 0.6 is 23.2 Å². The zero-order chi connectivity index (χ0) is 16.3. The minimum atomic E-state index is -3.83. The van der Waals surface area contributed by atoms with Crippen molar-refractivity contribution >= 4 is 38.9 Å². The largest absolute Gasteiger partial charge is 0.396 e. The first-order chi connectivity index (χ1) is 9.73. The Kier molecular flexibility index (Phi) is 6.31. The van der Waals surface area contributed by atoms with Gasteiger partial charge in [0.25, 0.3) is 0 Å². The molecule has 8 heteroatoms. The molecule has 0 unspecified atom stereocenters. The van der Waals surface area contributed by atoms with Crippen LogP contribution in [0.25, 0.3) is 0 Å². The molecule has 1 aromatic rings. The first kappa shape index (κ1) is 18.5. The molecule has 0 saturated carbocycles. The average molecular weight is 355 g/mol. The van der Waals surface area contributed by atoms with Crippen LogP contribution in [0.2, 0.25) is 10.0 Å². The molecule has 0 amide bonds. The van der Waals surface area contributed by atoms with E-state index in [0.29, 0.717) is 12.8 Å². The molecule has 21 heavy (non-hydrogen) atoms. The van der Waals surface area contributed by atoms with Gasteiger partial charge in [0.05, 0.1) is 15.7 Å². The molecule has 0 heterocycles. The highest BCUT2D eigenvalue weighted by molar-refractivity contribution is 7.89. The summed E-state index contributed by atoms with van der Waals surface area (Å²) in [5.74, 6) is 0. The quantitative estimate of drug-likeness (QED) is 0.656. The van der Waals surface area contributed by atoms with Crippen molar-refractivity contribution in [2.75, 3.05) is 18.9 Å². The number of aliphatic hydroxyl groups excluding tert-OH is 1. The normalized spacial score (nSPS) is 12.6. The summed E-state index contributed by atoms with van der Waals surface area (Å²) in [5, 5.41) is 9.58. The lowest BCUT2D eigenvalue weighted by Crippen LogP contribution is -2.39. The zero-order valence-corrected chi connectivity index (χ0v) is 14.3. The highest BCUT2D eigenvalue weighted by Gasteiger charge is 2.29. The van der Waals surface area contributed by atoms with Crippen LogP contribution in [0.1, 0.15) is 26.7 Å². The molecular weight excluding hydrogens is 335 g/mol. The van der Waals surface area contributed by atoms with Gasteiger partial charge in [-0.25, -0.2) is 13.1 Å². The SMILES string of the molecule is CCC(CC)(CO)CNS(=O)(=O)c1ccc(Cl)c(N)c1Cl. The molecule has 0 aromatic heterocycles. The maximum atomic E-state index is 12.3. The minimum absolute atomic E-state index is 0.0283. The molecule has 0 aliphatic heterocycles. The Labute approximate surface area is 135 Å². The van der Waals surface area contributed by atoms with Crippen LogP contribution < -0.4 is 10.5 Å². The summed E-state index contributed by atoms with van der Waals surface area (Å²) >= 11 is 11.8. The molecular formula is C13H20Cl2N2O3S. The van der Waals surface area contributed by atoms with Crippen LogP contribution in [0.4, 0.5) is 5.69 Å². The second-order valence-corrected chi connectivity index (χ2v) is 7.48. The van der Waals surface area contributed by atoms with Crippen LogP contribution in [0.15, 0.2) is 17.0 Å². The predicted octanol–water partition coefficient (Wildman–Crippen LogP) is 2.65. The third-order valence-electron chi connectivity index (χ3n) is 3.85. The number of hydrogen-bond acceptors (Lipinski definition) is 4. The number of benzene rings is 1. The smallest absolute Gasteiger partial charge is 0.242 e. The van der Waals surface area contributed by atoms with Gasteiger partial charge in [0, 0.05) is 18.6 Å². The molecule has 0 spiro atoms. The van der Waals surface area contributed by atoms with Crippen LogP contribution in [0.5, 0.6) is 0 Å². The molecule has 0 bridgehead atoms. The van der Waals surface area contributed by atoms with Gasteiger partial charge in [-0.2, -0.15) is 0 Å². The molecule has 4 N–H and O–H groups in total. The molecule has 0 fully saturated rings. The molecule has 1 rings (SSSR count). The summed E-state index contributed by atoms with van der Waals surface area (Å²) in [6.45, 7) is 3.83. The highest BCUT2D eigenvalue weighted by Crippen LogP contribution is 2.33. The third kappa shape index (κ3) is 4.02. The fourth-order valence-electron chi connectivity index (χ4n) is 1.86. The molecule has 5 nitrogen and oxygen atoms in total. The van der Waals surface area contributed by atoms with Crippen molar-refractivity contribution in [2.24, 2.45) is 5.41 Å². The Bertz CT molecular complexity index is 593. The van der Waals surface area contributed by atoms with Crippen molar-refractivity contribution in [3.8, 4) is 0 Å². The van der Waals surface area contributed by atoms with Gasteiger partial charge < -0.3 is 10.8 Å². The standard InChI is InChI=1S/C13H20Cl2N2O3S/c1-3-13(4-2,8-18)7-17-21(19,20)10-6-5-9(14)12(16)11(10)15/h5-6,17-18H,3-4,7-8,16H2,1-2H3. The van der Waals surface area contributed by atoms with Crippen molar-refractivity contribution in [1.29, 1.82) is 0 Å². The topological polar surface area (TPSA) is 92.4 Å². The van der Waals surface area contributed by atoms with Crippen molar-refractivity contribution in [3.05, 3.63) is 22.2 Å². The second kappa shape index (κ2) is 7.15. The van der Waals surface area contributed by atoms with E-state index < -0.39 is 15.4 Å². The van der Waals surface area contributed by atoms with Crippen LogP contribution in [0, 0.1) is 5.41 Å². The number of nitrogen functional groups attached to an aromatic ring is 1. The first-order valence-corrected chi connectivity index (χ1v) is 8.81. The number of halogens is 2. The Morgan fingerprint density at radius 1 is 1.29 bits per heavy atom. The molecule has 0 atom stereocenters. The summed E-state index contributed by atoms with van der Waals surface area (Å²) in [6.07, 6.45) is 1.30. The molecule has 0 aliphatic rings. The van der Waals surface area contributed by atoms with Crippen molar-refractivity contribution in [1.82, 2.24) is 4.72 Å². The maximum Gasteiger partial charge on any atom is 0.242 e. The number of nitrogens with two attached hydrogens (primary N) is 1. The predicted molar refractivity (Wildman–Crippen MR) is 86.2 cm³/mol. The van der Waals surface area contributed by atoms with Gasteiger partial charge in [0.2, 0.25) is 10.0 Å². The van der Waals surface area contributed by atoms with E-state index in [-0.39, 0.29) is 33.8 Å². The van der Waals surface area contributed by atoms with E-state index in [0.717, 1.165) is 0 Å². The van der Waals surface area contributed by atoms with Crippen LogP contribution in [-0.4, -0.2) is 26.7 Å². The number of aliphatic hydroxyl groups is 1. The Hall–Kier alpha value is -0.530. The van der Waals surface area contributed by atoms with Crippen molar-refractivity contribution in [2.45, 2.75) is 31.6 Å². The minimum Gasteiger partial charge on any atom is -0.396 e. The third-order valence-corrected chi connectivity index (χ3v) is 6.15. The Morgan fingerprint density at radius 3 is 2.33 bits per heavy atom. The first-order valence-electron chi connectivity index (χ1n) is 6.57. The van der Waals surface area contributed by atoms with Crippen LogP contribution in [0.3, 0.4) is 0 Å². The van der Waals surface area contributed by atoms with Crippen LogP contribution in [-0.2, 0) is 10.0 Å². The average Bonchev–Trinajstić information content (AvgIpc) is 2.46. The lowest BCUT2D eigenvalue weighted by atomic mass is 9.84. The highest BCUT2D eigenvalue weighted by atomic mass is 35.5. The summed E-state index contributed by atoms with van der Waals surface area (Å²) in [4.78, 5) is -0.120. The van der Waals surface area contributed by atoms with Gasteiger partial charge in [0.1, 0.15) is 4.90 Å². The maximum absolute atomic E-state index is 12.3. The summed E-state index contributed by atoms with van der Waals surface area (Å²) in [7, 11) is -3.83. The number of rotatable bonds is 7. The number of hydrogen-bond donors (Lipinski definition) is 3. The van der Waals surface area contributed by atoms with E-state index in [1.54, 1.807) is 0 Å². The fourth-order valence-corrected chi connectivity index (χ4v) is 3.78. The Morgan fingerprint density at radius 2 is 1.86 bits per heavy atom. The van der Waals surface area contributed by atoms with E-state index in [1.807, 2.05) is 13.8 Å². The lowest BCUT2D eigenvalue weighted by molar-refractivity contribution is 0.119. The Balaban J connectivity index is 3.06. The zero-order valence-electron chi connectivity index (χ0n) is 12.0. The van der Waals surface area contributed by atoms with Crippen molar-refractivity contribution in [3.63, 3.8) is 0 Å². The van der Waals surface area contributed by atoms with E-state index >= 15 is 0 Å². The molecule has 0 aliphatic carbocycles. The summed E-state index contributed by atoms with van der Waals surface area (Å²) < 4.78 is 27.2. The van der Waals surface area contributed by atoms with Gasteiger partial charge in [-0.3, -0.25) is 0 Å². The summed E-state index contributed by atoms with van der Waals surface area (Å²) in [5.41, 5.74) is 5.18. The van der Waals surface area contributed by atoms with E-state index in [4.69, 9.17) is 28.9 Å². The molecule has 1 aromatic carbocycles. The molecule has 0 saturated heterocycles. The summed E-state index contributed by atoms with van der Waals surface area (Å²) in [6, 6.07) is 2.69. The number of sulfonamides is 1. The van der Waals surface area contributed by atoms with Gasteiger partial charge in [-0.15, -0.1) is 0 Å². The van der Waals surface area contributed by atoms with E-state index in [2.05, 4.69) is 4.72 Å². The van der Waals surface area contributed by atoms with Gasteiger partial charge >= 0.3 is 0 Å². The van der Waals surface area contributed by atoms with E-state index in [1.165, 1.54) is 12.1 Å². The van der Waals surface area contributed by atoms with E-state index in [9.17, 15) is 13.5 Å². The monoisotopic (exact) mass is 354 g/mol. The molecule has 0 radical (unpaired) electrons. The second-order valence-electron chi connectivity index (χ2n) is 4.96. The lowest BCUT2D eigenvalue weighted by Gasteiger charge is -2.29. The molecule has 120 valence electrons. The fraction of sp³-hybridized carbons (Fsp3) is 0.538. The number of nitrogens with one attached hydrogen (secondary N) is 1. The van der Waals surface area contributed by atoms with Gasteiger partial charge in [-0.1, -0.05) is 37.0 Å². The van der Waals surface area contributed by atoms with Crippen molar-refractivity contribution < 1.29 is 13.5 Å². The van der Waals surface area contributed by atoms with Gasteiger partial charge in [-0.05, 0) is 25.0 Å².